The number of piperidine rings is 1. The van der Waals surface area contributed by atoms with Gasteiger partial charge in [0.25, 0.3) is 0 Å². The van der Waals surface area contributed by atoms with Crippen molar-refractivity contribution in [3.8, 4) is 6.07 Å². The molecule has 1 aliphatic heterocycles. The maximum absolute atomic E-state index is 12.1. The molecule has 1 aliphatic carbocycles. The van der Waals surface area contributed by atoms with Crippen LogP contribution >= 0.6 is 0 Å². The third kappa shape index (κ3) is 4.85. The summed E-state index contributed by atoms with van der Waals surface area (Å²) in [6.45, 7) is 1.76. The van der Waals surface area contributed by atoms with E-state index in [2.05, 4.69) is 37.8 Å². The van der Waals surface area contributed by atoms with Gasteiger partial charge in [0.15, 0.2) is 5.65 Å². The second-order valence-corrected chi connectivity index (χ2v) is 10.3. The molecule has 172 valence electrons. The molecule has 4 N–H and O–H groups in total. The zero-order valence-electron chi connectivity index (χ0n) is 18.6. The Labute approximate surface area is 196 Å². The fourth-order valence-corrected chi connectivity index (χ4v) is 5.00. The zero-order valence-corrected chi connectivity index (χ0v) is 19.4. The van der Waals surface area contributed by atoms with Crippen LogP contribution in [0.4, 0.5) is 23.0 Å². The molecule has 2 aromatic heterocycles. The van der Waals surface area contributed by atoms with Gasteiger partial charge in [-0.1, -0.05) is 11.2 Å². The van der Waals surface area contributed by atoms with Gasteiger partial charge in [-0.05, 0) is 43.9 Å². The Kier molecular flexibility index (Phi) is 6.01. The van der Waals surface area contributed by atoms with Gasteiger partial charge in [0, 0.05) is 48.2 Å². The van der Waals surface area contributed by atoms with E-state index in [0.29, 0.717) is 28.8 Å². The van der Waals surface area contributed by atoms with Gasteiger partial charge in [0.05, 0.1) is 12.5 Å². The van der Waals surface area contributed by atoms with Crippen LogP contribution in [0, 0.1) is 11.3 Å². The summed E-state index contributed by atoms with van der Waals surface area (Å²) in [5.41, 5.74) is 10.1. The normalized spacial score (nSPS) is 19.3. The average molecular weight is 465 g/mol. The quantitative estimate of drug-likeness (QED) is 0.455. The van der Waals surface area contributed by atoms with Gasteiger partial charge in [0.1, 0.15) is 29.0 Å². The minimum absolute atomic E-state index is 0.162. The van der Waals surface area contributed by atoms with Crippen LogP contribution in [0.5, 0.6) is 0 Å². The first kappa shape index (κ1) is 21.8. The van der Waals surface area contributed by atoms with E-state index in [0.717, 1.165) is 61.5 Å². The van der Waals surface area contributed by atoms with Crippen molar-refractivity contribution in [3.63, 3.8) is 0 Å². The molecule has 10 heteroatoms. The van der Waals surface area contributed by atoms with Gasteiger partial charge in [-0.25, -0.2) is 4.98 Å². The molecule has 0 radical (unpaired) electrons. The van der Waals surface area contributed by atoms with Crippen molar-refractivity contribution in [3.05, 3.63) is 41.6 Å². The lowest BCUT2D eigenvalue weighted by Gasteiger charge is -2.34. The number of hydrogen-bond acceptors (Lipinski definition) is 8. The summed E-state index contributed by atoms with van der Waals surface area (Å²) >= 11 is -0.975. The van der Waals surface area contributed by atoms with E-state index in [9.17, 15) is 9.81 Å². The molecular weight excluding hydrogens is 436 g/mol. The minimum Gasteiger partial charge on any atom is -0.616 e. The summed E-state index contributed by atoms with van der Waals surface area (Å²) in [4.78, 5) is 6.94. The standard InChI is InChI=1S/C23H28N8OS/c1-33(32)14-15-9-19(6-7-20(15)30-8-2-3-17(25)13-30)27-21-10-22(28-18-4-5-18)31-23(29-21)16(11-24)12-26-31/h6-7,9-10,12,17-18,28H,2-5,8,13-14,25H2,1H3,(H,27,29)/t17-,33?/m0/s1. The van der Waals surface area contributed by atoms with Gasteiger partial charge >= 0.3 is 0 Å². The largest absolute Gasteiger partial charge is 0.616 e. The molecule has 2 aliphatic rings. The van der Waals surface area contributed by atoms with Crippen LogP contribution in [-0.4, -0.2) is 50.6 Å². The van der Waals surface area contributed by atoms with E-state index in [4.69, 9.17) is 5.73 Å². The molecule has 1 saturated carbocycles. The van der Waals surface area contributed by atoms with Crippen LogP contribution < -0.4 is 21.3 Å². The maximum Gasteiger partial charge on any atom is 0.177 e. The topological polar surface area (TPSA) is 130 Å². The smallest absolute Gasteiger partial charge is 0.177 e. The van der Waals surface area contributed by atoms with Crippen LogP contribution in [0.25, 0.3) is 5.65 Å². The highest BCUT2D eigenvalue weighted by molar-refractivity contribution is 7.89. The molecule has 0 amide bonds. The van der Waals surface area contributed by atoms with Crippen LogP contribution in [0.3, 0.4) is 0 Å². The summed E-state index contributed by atoms with van der Waals surface area (Å²) in [7, 11) is 0. The number of hydrogen-bond donors (Lipinski definition) is 3. The molecule has 1 unspecified atom stereocenters. The molecule has 2 atom stereocenters. The Morgan fingerprint density at radius 2 is 2.15 bits per heavy atom. The summed E-state index contributed by atoms with van der Waals surface area (Å²) in [5, 5.41) is 20.6. The Morgan fingerprint density at radius 3 is 2.88 bits per heavy atom. The number of aromatic nitrogens is 3. The molecule has 3 heterocycles. The number of benzene rings is 1. The number of nitrogens with two attached hydrogens (primary N) is 1. The van der Waals surface area contributed by atoms with E-state index in [1.165, 1.54) is 6.20 Å². The van der Waals surface area contributed by atoms with E-state index in [-0.39, 0.29) is 6.04 Å². The van der Waals surface area contributed by atoms with E-state index in [1.807, 2.05) is 18.2 Å². The number of anilines is 4. The molecular formula is C23H28N8OS. The van der Waals surface area contributed by atoms with Gasteiger partial charge in [-0.15, -0.1) is 0 Å². The first-order chi connectivity index (χ1) is 16.0. The molecule has 0 bridgehead atoms. The molecule has 5 rings (SSSR count). The lowest BCUT2D eigenvalue weighted by Crippen LogP contribution is -2.43. The number of nitrogens with zero attached hydrogens (tertiary/aromatic N) is 5. The summed E-state index contributed by atoms with van der Waals surface area (Å²) in [5.74, 6) is 1.90. The van der Waals surface area contributed by atoms with Gasteiger partial charge < -0.3 is 25.8 Å². The Hall–Kier alpha value is -3.00. The first-order valence-corrected chi connectivity index (χ1v) is 13.0. The lowest BCUT2D eigenvalue weighted by molar-refractivity contribution is 0.505. The molecule has 1 aromatic carbocycles. The number of fused-ring (bicyclic) bond motifs is 1. The molecule has 2 fully saturated rings. The SMILES string of the molecule is C[S+]([O-])Cc1cc(Nc2cc(NC3CC3)n3ncc(C#N)c3n2)ccc1N1CCC[C@H](N)C1. The minimum atomic E-state index is -0.975. The number of nitriles is 1. The third-order valence-electron chi connectivity index (χ3n) is 6.03. The van der Waals surface area contributed by atoms with Crippen molar-refractivity contribution in [2.75, 3.05) is 34.9 Å². The highest BCUT2D eigenvalue weighted by Gasteiger charge is 2.24. The monoisotopic (exact) mass is 464 g/mol. The number of rotatable bonds is 7. The second kappa shape index (κ2) is 9.09. The van der Waals surface area contributed by atoms with Gasteiger partial charge in [-0.2, -0.15) is 14.9 Å². The molecule has 1 saturated heterocycles. The average Bonchev–Trinajstić information content (AvgIpc) is 3.49. The van der Waals surface area contributed by atoms with Gasteiger partial charge in [-0.3, -0.25) is 0 Å². The summed E-state index contributed by atoms with van der Waals surface area (Å²) in [6, 6.07) is 10.8. The highest BCUT2D eigenvalue weighted by atomic mass is 32.2. The van der Waals surface area contributed by atoms with Crippen LogP contribution in [0.2, 0.25) is 0 Å². The fraction of sp³-hybridized carbons (Fsp3) is 0.435. The maximum atomic E-state index is 12.1. The summed E-state index contributed by atoms with van der Waals surface area (Å²) in [6.07, 6.45) is 7.60. The van der Waals surface area contributed by atoms with Crippen molar-refractivity contribution in [1.82, 2.24) is 14.6 Å². The predicted octanol–water partition coefficient (Wildman–Crippen LogP) is 2.72. The molecule has 3 aromatic rings. The van der Waals surface area contributed by atoms with E-state index in [1.54, 1.807) is 10.8 Å². The Bertz CT molecular complexity index is 1200. The first-order valence-electron chi connectivity index (χ1n) is 11.3. The zero-order chi connectivity index (χ0) is 22.9. The lowest BCUT2D eigenvalue weighted by atomic mass is 10.0. The Balaban J connectivity index is 1.47. The number of nitrogens with one attached hydrogen (secondary N) is 2. The van der Waals surface area contributed by atoms with Crippen molar-refractivity contribution in [2.24, 2.45) is 5.73 Å². The van der Waals surface area contributed by atoms with Crippen LogP contribution in [0.1, 0.15) is 36.8 Å². The van der Waals surface area contributed by atoms with Crippen molar-refractivity contribution < 1.29 is 4.55 Å². The van der Waals surface area contributed by atoms with Crippen LogP contribution in [0.15, 0.2) is 30.5 Å². The second-order valence-electron chi connectivity index (χ2n) is 8.89. The van der Waals surface area contributed by atoms with Crippen molar-refractivity contribution >= 4 is 39.8 Å². The fourth-order valence-electron chi connectivity index (χ4n) is 4.33. The highest BCUT2D eigenvalue weighted by Crippen LogP contribution is 2.31. The Morgan fingerprint density at radius 1 is 1.30 bits per heavy atom. The molecule has 33 heavy (non-hydrogen) atoms. The molecule has 9 nitrogen and oxygen atoms in total. The van der Waals surface area contributed by atoms with Crippen LogP contribution in [-0.2, 0) is 16.9 Å². The van der Waals surface area contributed by atoms with E-state index < -0.39 is 11.2 Å². The third-order valence-corrected chi connectivity index (χ3v) is 6.75. The summed E-state index contributed by atoms with van der Waals surface area (Å²) < 4.78 is 13.8. The van der Waals surface area contributed by atoms with Gasteiger partial charge in [0.2, 0.25) is 0 Å². The predicted molar refractivity (Wildman–Crippen MR) is 131 cm³/mol. The molecule has 0 spiro atoms. The van der Waals surface area contributed by atoms with Crippen molar-refractivity contribution in [2.45, 2.75) is 43.5 Å². The van der Waals surface area contributed by atoms with Crippen molar-refractivity contribution in [1.29, 1.82) is 5.26 Å². The van der Waals surface area contributed by atoms with E-state index >= 15 is 0 Å².